The number of aliphatic carboxylic acids is 1. The third-order valence-corrected chi connectivity index (χ3v) is 4.98. The van der Waals surface area contributed by atoms with Gasteiger partial charge >= 0.3 is 12.1 Å². The van der Waals surface area contributed by atoms with Crippen LogP contribution in [-0.2, 0) is 11.0 Å². The molecule has 3 aromatic carbocycles. The minimum absolute atomic E-state index is 0.0475. The van der Waals surface area contributed by atoms with E-state index in [0.29, 0.717) is 16.9 Å². The van der Waals surface area contributed by atoms with Crippen LogP contribution in [0.25, 0.3) is 11.1 Å². The molecule has 0 saturated heterocycles. The lowest BCUT2D eigenvalue weighted by Gasteiger charge is -2.16. The highest BCUT2D eigenvalue weighted by molar-refractivity contribution is 5.94. The van der Waals surface area contributed by atoms with Crippen LogP contribution in [0.3, 0.4) is 0 Å². The van der Waals surface area contributed by atoms with Crippen molar-refractivity contribution in [3.63, 3.8) is 0 Å². The van der Waals surface area contributed by atoms with Crippen LogP contribution in [0.4, 0.5) is 13.2 Å². The molecule has 0 unspecified atom stereocenters. The predicted molar refractivity (Wildman–Crippen MR) is 117 cm³/mol. The second-order valence-corrected chi connectivity index (χ2v) is 7.38. The first-order chi connectivity index (χ1) is 15.6. The maximum Gasteiger partial charge on any atom is 0.416 e. The summed E-state index contributed by atoms with van der Waals surface area (Å²) in [6.45, 7) is 1.91. The SMILES string of the molecule is C[C@@H](Oc1ccc(C(=O)NCCC(=O)O)cc1)c1ccc(-c2ccc(C(F)(F)F)cc2)cc1. The van der Waals surface area contributed by atoms with Gasteiger partial charge in [-0.05, 0) is 60.0 Å². The molecule has 3 aromatic rings. The van der Waals surface area contributed by atoms with E-state index in [9.17, 15) is 22.8 Å². The van der Waals surface area contributed by atoms with Gasteiger partial charge in [0.1, 0.15) is 11.9 Å². The lowest BCUT2D eigenvalue weighted by Crippen LogP contribution is -2.25. The fourth-order valence-corrected chi connectivity index (χ4v) is 3.14. The zero-order valence-electron chi connectivity index (χ0n) is 17.7. The fraction of sp³-hybridized carbons (Fsp3) is 0.200. The van der Waals surface area contributed by atoms with Crippen molar-refractivity contribution in [2.24, 2.45) is 0 Å². The summed E-state index contributed by atoms with van der Waals surface area (Å²) in [6.07, 6.45) is -4.82. The molecule has 0 saturated carbocycles. The first-order valence-electron chi connectivity index (χ1n) is 10.2. The van der Waals surface area contributed by atoms with Crippen molar-refractivity contribution < 1.29 is 32.6 Å². The number of carbonyl (C=O) groups excluding carboxylic acids is 1. The Kier molecular flexibility index (Phi) is 7.37. The van der Waals surface area contributed by atoms with Gasteiger partial charge in [-0.3, -0.25) is 9.59 Å². The molecular weight excluding hydrogens is 435 g/mol. The molecule has 8 heteroatoms. The van der Waals surface area contributed by atoms with Gasteiger partial charge in [-0.15, -0.1) is 0 Å². The third-order valence-electron chi connectivity index (χ3n) is 4.98. The number of carbonyl (C=O) groups is 2. The number of nitrogens with one attached hydrogen (secondary N) is 1. The van der Waals surface area contributed by atoms with Crippen LogP contribution in [0.2, 0.25) is 0 Å². The number of carboxylic acids is 1. The molecule has 0 aliphatic heterocycles. The van der Waals surface area contributed by atoms with Crippen LogP contribution in [0, 0.1) is 0 Å². The zero-order valence-corrected chi connectivity index (χ0v) is 17.7. The summed E-state index contributed by atoms with van der Waals surface area (Å²) in [6, 6.07) is 18.8. The van der Waals surface area contributed by atoms with Gasteiger partial charge in [0, 0.05) is 12.1 Å². The molecule has 172 valence electrons. The van der Waals surface area contributed by atoms with Crippen LogP contribution in [0.15, 0.2) is 72.8 Å². The standard InChI is InChI=1S/C25H22F3NO4/c1-16(33-22-12-8-20(9-13-22)24(32)29-15-14-23(30)31)17-2-4-18(5-3-17)19-6-10-21(11-7-19)25(26,27)28/h2-13,16H,14-15H2,1H3,(H,29,32)(H,30,31)/t16-/m1/s1. The molecule has 2 N–H and O–H groups in total. The van der Waals surface area contributed by atoms with Crippen LogP contribution >= 0.6 is 0 Å². The molecule has 33 heavy (non-hydrogen) atoms. The van der Waals surface area contributed by atoms with Gasteiger partial charge in [0.2, 0.25) is 0 Å². The minimum Gasteiger partial charge on any atom is -0.486 e. The molecule has 3 rings (SSSR count). The van der Waals surface area contributed by atoms with Crippen LogP contribution in [-0.4, -0.2) is 23.5 Å². The second kappa shape index (κ2) is 10.2. The van der Waals surface area contributed by atoms with Crippen molar-refractivity contribution in [2.45, 2.75) is 25.6 Å². The molecule has 0 aromatic heterocycles. The Morgan fingerprint density at radius 1 is 0.909 bits per heavy atom. The van der Waals surface area contributed by atoms with E-state index in [1.165, 1.54) is 12.1 Å². The van der Waals surface area contributed by atoms with Gasteiger partial charge < -0.3 is 15.2 Å². The Morgan fingerprint density at radius 2 is 1.45 bits per heavy atom. The van der Waals surface area contributed by atoms with E-state index in [-0.39, 0.29) is 25.0 Å². The summed E-state index contributed by atoms with van der Waals surface area (Å²) >= 11 is 0. The number of alkyl halides is 3. The summed E-state index contributed by atoms with van der Waals surface area (Å²) in [5, 5.41) is 11.1. The van der Waals surface area contributed by atoms with Gasteiger partial charge in [-0.2, -0.15) is 13.2 Å². The Hall–Kier alpha value is -3.81. The quantitative estimate of drug-likeness (QED) is 0.454. The number of rotatable bonds is 8. The summed E-state index contributed by atoms with van der Waals surface area (Å²) in [4.78, 5) is 22.5. The van der Waals surface area contributed by atoms with Gasteiger partial charge in [0.05, 0.1) is 12.0 Å². The number of carboxylic acid groups (broad SMARTS) is 1. The molecule has 0 aliphatic rings. The van der Waals surface area contributed by atoms with E-state index in [1.54, 1.807) is 24.3 Å². The lowest BCUT2D eigenvalue weighted by atomic mass is 10.0. The largest absolute Gasteiger partial charge is 0.486 e. The van der Waals surface area contributed by atoms with E-state index in [2.05, 4.69) is 5.32 Å². The number of amides is 1. The van der Waals surface area contributed by atoms with Crippen LogP contribution in [0.5, 0.6) is 5.75 Å². The lowest BCUT2D eigenvalue weighted by molar-refractivity contribution is -0.138. The van der Waals surface area contributed by atoms with Crippen molar-refractivity contribution in [2.75, 3.05) is 6.54 Å². The highest BCUT2D eigenvalue weighted by atomic mass is 19.4. The average Bonchev–Trinajstić information content (AvgIpc) is 2.79. The summed E-state index contributed by atoms with van der Waals surface area (Å²) in [5.74, 6) is -0.800. The van der Waals surface area contributed by atoms with E-state index in [4.69, 9.17) is 9.84 Å². The molecule has 1 amide bonds. The number of hydrogen-bond donors (Lipinski definition) is 2. The Bertz CT molecular complexity index is 1090. The van der Waals surface area contributed by atoms with Crippen molar-refractivity contribution >= 4 is 11.9 Å². The Morgan fingerprint density at radius 3 is 1.97 bits per heavy atom. The van der Waals surface area contributed by atoms with Crippen LogP contribution in [0.1, 0.15) is 40.9 Å². The Balaban J connectivity index is 1.59. The van der Waals surface area contributed by atoms with Gasteiger partial charge in [0.15, 0.2) is 0 Å². The van der Waals surface area contributed by atoms with Crippen molar-refractivity contribution in [1.82, 2.24) is 5.32 Å². The number of halogens is 3. The first kappa shape index (κ1) is 23.8. The molecule has 0 fully saturated rings. The summed E-state index contributed by atoms with van der Waals surface area (Å²) in [7, 11) is 0. The van der Waals surface area contributed by atoms with Crippen molar-refractivity contribution in [3.8, 4) is 16.9 Å². The third kappa shape index (κ3) is 6.58. The van der Waals surface area contributed by atoms with Gasteiger partial charge in [-0.25, -0.2) is 0 Å². The van der Waals surface area contributed by atoms with Crippen molar-refractivity contribution in [1.29, 1.82) is 0 Å². The molecule has 0 spiro atoms. The smallest absolute Gasteiger partial charge is 0.416 e. The molecular formula is C25H22F3NO4. The highest BCUT2D eigenvalue weighted by Crippen LogP contribution is 2.31. The first-order valence-corrected chi connectivity index (χ1v) is 10.2. The molecule has 0 aliphatic carbocycles. The molecule has 0 radical (unpaired) electrons. The van der Waals surface area contributed by atoms with E-state index >= 15 is 0 Å². The normalized spacial score (nSPS) is 12.1. The maximum atomic E-state index is 12.7. The molecule has 5 nitrogen and oxygen atoms in total. The van der Waals surface area contributed by atoms with E-state index < -0.39 is 17.7 Å². The topological polar surface area (TPSA) is 75.6 Å². The molecule has 1 atom stereocenters. The maximum absolute atomic E-state index is 12.7. The van der Waals surface area contributed by atoms with E-state index in [1.807, 2.05) is 31.2 Å². The van der Waals surface area contributed by atoms with Crippen LogP contribution < -0.4 is 10.1 Å². The predicted octanol–water partition coefficient (Wildman–Crippen LogP) is 5.72. The monoisotopic (exact) mass is 457 g/mol. The number of benzene rings is 3. The number of hydrogen-bond acceptors (Lipinski definition) is 3. The van der Waals surface area contributed by atoms with Gasteiger partial charge in [-0.1, -0.05) is 36.4 Å². The Labute approximate surface area is 188 Å². The minimum atomic E-state index is -4.36. The van der Waals surface area contributed by atoms with Crippen molar-refractivity contribution in [3.05, 3.63) is 89.5 Å². The number of ether oxygens (including phenoxy) is 1. The zero-order chi connectivity index (χ0) is 24.0. The van der Waals surface area contributed by atoms with Gasteiger partial charge in [0.25, 0.3) is 5.91 Å². The second-order valence-electron chi connectivity index (χ2n) is 7.38. The molecule has 0 bridgehead atoms. The molecule has 0 heterocycles. The summed E-state index contributed by atoms with van der Waals surface area (Å²) < 4.78 is 44.1. The summed E-state index contributed by atoms with van der Waals surface area (Å²) in [5.41, 5.74) is 2.05. The highest BCUT2D eigenvalue weighted by Gasteiger charge is 2.29. The average molecular weight is 457 g/mol. The van der Waals surface area contributed by atoms with E-state index in [0.717, 1.165) is 23.3 Å². The fourth-order valence-electron chi connectivity index (χ4n) is 3.14.